The molecular weight excluding hydrogens is 322 g/mol. The Morgan fingerprint density at radius 3 is 2.67 bits per heavy atom. The van der Waals surface area contributed by atoms with E-state index >= 15 is 0 Å². The van der Waals surface area contributed by atoms with E-state index in [4.69, 9.17) is 16.3 Å². The van der Waals surface area contributed by atoms with E-state index in [0.717, 1.165) is 4.47 Å². The van der Waals surface area contributed by atoms with Gasteiger partial charge in [-0.15, -0.1) is 0 Å². The van der Waals surface area contributed by atoms with Crippen molar-refractivity contribution in [2.45, 2.75) is 0 Å². The third kappa shape index (κ3) is 2.89. The van der Waals surface area contributed by atoms with Gasteiger partial charge in [-0.2, -0.15) is 0 Å². The van der Waals surface area contributed by atoms with Crippen LogP contribution in [-0.4, -0.2) is 6.29 Å². The lowest BCUT2D eigenvalue weighted by Gasteiger charge is -2.08. The van der Waals surface area contributed by atoms with Gasteiger partial charge in [-0.3, -0.25) is 4.79 Å². The second-order valence-electron chi connectivity index (χ2n) is 3.48. The van der Waals surface area contributed by atoms with E-state index in [1.54, 1.807) is 18.2 Å². The fourth-order valence-corrected chi connectivity index (χ4v) is 1.87. The standard InChI is InChI=1S/C13H7BrClFO2/c14-9-2-1-8(7-17)13(5-9)18-10-3-4-12(16)11(15)6-10/h1-7H. The summed E-state index contributed by atoms with van der Waals surface area (Å²) in [6, 6.07) is 9.01. The van der Waals surface area contributed by atoms with E-state index in [2.05, 4.69) is 15.9 Å². The molecule has 0 aromatic heterocycles. The molecule has 0 bridgehead atoms. The lowest BCUT2D eigenvalue weighted by atomic mass is 10.2. The Balaban J connectivity index is 2.35. The Morgan fingerprint density at radius 1 is 1.22 bits per heavy atom. The van der Waals surface area contributed by atoms with Crippen LogP contribution in [0.25, 0.3) is 0 Å². The van der Waals surface area contributed by atoms with Gasteiger partial charge in [0.2, 0.25) is 0 Å². The smallest absolute Gasteiger partial charge is 0.153 e. The van der Waals surface area contributed by atoms with Gasteiger partial charge in [0.1, 0.15) is 17.3 Å². The normalized spacial score (nSPS) is 10.2. The molecule has 92 valence electrons. The molecule has 0 fully saturated rings. The van der Waals surface area contributed by atoms with E-state index in [1.165, 1.54) is 18.2 Å². The highest BCUT2D eigenvalue weighted by molar-refractivity contribution is 9.10. The third-order valence-electron chi connectivity index (χ3n) is 2.22. The highest BCUT2D eigenvalue weighted by atomic mass is 79.9. The Kier molecular flexibility index (Phi) is 3.99. The molecule has 2 nitrogen and oxygen atoms in total. The van der Waals surface area contributed by atoms with Crippen LogP contribution in [0.2, 0.25) is 5.02 Å². The summed E-state index contributed by atoms with van der Waals surface area (Å²) in [7, 11) is 0. The summed E-state index contributed by atoms with van der Waals surface area (Å²) >= 11 is 8.93. The fraction of sp³-hybridized carbons (Fsp3) is 0. The minimum absolute atomic E-state index is 0.0323. The van der Waals surface area contributed by atoms with Crippen LogP contribution in [0.5, 0.6) is 11.5 Å². The van der Waals surface area contributed by atoms with Gasteiger partial charge >= 0.3 is 0 Å². The number of benzene rings is 2. The number of ether oxygens (including phenoxy) is 1. The SMILES string of the molecule is O=Cc1ccc(Br)cc1Oc1ccc(F)c(Cl)c1. The molecule has 0 heterocycles. The summed E-state index contributed by atoms with van der Waals surface area (Å²) in [6.45, 7) is 0. The summed E-state index contributed by atoms with van der Waals surface area (Å²) in [5.41, 5.74) is 0.402. The van der Waals surface area contributed by atoms with Crippen LogP contribution in [0.3, 0.4) is 0 Å². The molecule has 18 heavy (non-hydrogen) atoms. The summed E-state index contributed by atoms with van der Waals surface area (Å²) in [5, 5.41) is -0.0323. The first-order valence-electron chi connectivity index (χ1n) is 4.98. The molecule has 2 rings (SSSR count). The molecule has 2 aromatic carbocycles. The lowest BCUT2D eigenvalue weighted by molar-refractivity contribution is 0.112. The average molecular weight is 330 g/mol. The molecule has 0 spiro atoms. The lowest BCUT2D eigenvalue weighted by Crippen LogP contribution is -1.91. The molecule has 0 atom stereocenters. The van der Waals surface area contributed by atoms with Crippen molar-refractivity contribution in [3.05, 3.63) is 57.3 Å². The predicted molar refractivity (Wildman–Crippen MR) is 71.0 cm³/mol. The number of aldehydes is 1. The van der Waals surface area contributed by atoms with Crippen LogP contribution >= 0.6 is 27.5 Å². The summed E-state index contributed by atoms with van der Waals surface area (Å²) in [5.74, 6) is 0.221. The van der Waals surface area contributed by atoms with Crippen molar-refractivity contribution in [1.29, 1.82) is 0 Å². The highest BCUT2D eigenvalue weighted by Crippen LogP contribution is 2.29. The van der Waals surface area contributed by atoms with Gasteiger partial charge in [0, 0.05) is 10.5 Å². The minimum atomic E-state index is -0.520. The van der Waals surface area contributed by atoms with Crippen LogP contribution in [0.1, 0.15) is 10.4 Å². The fourth-order valence-electron chi connectivity index (χ4n) is 1.36. The zero-order valence-electron chi connectivity index (χ0n) is 8.99. The molecule has 2 aromatic rings. The molecule has 0 amide bonds. The molecule has 0 aliphatic carbocycles. The Bertz CT molecular complexity index is 602. The molecule has 5 heteroatoms. The van der Waals surface area contributed by atoms with Gasteiger partial charge in [-0.1, -0.05) is 27.5 Å². The average Bonchev–Trinajstić information content (AvgIpc) is 2.34. The molecule has 0 aliphatic rings. The number of hydrogen-bond acceptors (Lipinski definition) is 2. The number of carbonyl (C=O) groups is 1. The van der Waals surface area contributed by atoms with Crippen LogP contribution in [0.15, 0.2) is 40.9 Å². The van der Waals surface area contributed by atoms with Crippen LogP contribution in [0.4, 0.5) is 4.39 Å². The van der Waals surface area contributed by atoms with Gasteiger partial charge < -0.3 is 4.74 Å². The van der Waals surface area contributed by atoms with Crippen LogP contribution < -0.4 is 4.74 Å². The molecule has 0 saturated carbocycles. The predicted octanol–water partition coefficient (Wildman–Crippen LogP) is 4.85. The van der Waals surface area contributed by atoms with Crippen molar-refractivity contribution in [2.24, 2.45) is 0 Å². The molecule has 0 saturated heterocycles. The number of hydrogen-bond donors (Lipinski definition) is 0. The largest absolute Gasteiger partial charge is 0.457 e. The first kappa shape index (κ1) is 13.1. The number of carbonyl (C=O) groups excluding carboxylic acids is 1. The van der Waals surface area contributed by atoms with E-state index < -0.39 is 5.82 Å². The third-order valence-corrected chi connectivity index (χ3v) is 3.00. The maximum absolute atomic E-state index is 13.0. The molecule has 0 unspecified atom stereocenters. The maximum Gasteiger partial charge on any atom is 0.153 e. The molecular formula is C13H7BrClFO2. The summed E-state index contributed by atoms with van der Waals surface area (Å²) < 4.78 is 19.3. The van der Waals surface area contributed by atoms with Crippen LogP contribution in [-0.2, 0) is 0 Å². The Labute approximate surface area is 116 Å². The van der Waals surface area contributed by atoms with Gasteiger partial charge in [-0.05, 0) is 30.3 Å². The highest BCUT2D eigenvalue weighted by Gasteiger charge is 2.07. The first-order valence-corrected chi connectivity index (χ1v) is 6.15. The van der Waals surface area contributed by atoms with E-state index in [9.17, 15) is 9.18 Å². The maximum atomic E-state index is 13.0. The van der Waals surface area contributed by atoms with Crippen LogP contribution in [0, 0.1) is 5.82 Å². The monoisotopic (exact) mass is 328 g/mol. The van der Waals surface area contributed by atoms with E-state index in [1.807, 2.05) is 0 Å². The van der Waals surface area contributed by atoms with Crippen molar-refractivity contribution < 1.29 is 13.9 Å². The number of rotatable bonds is 3. The topological polar surface area (TPSA) is 26.3 Å². The second-order valence-corrected chi connectivity index (χ2v) is 4.80. The first-order chi connectivity index (χ1) is 8.60. The quantitative estimate of drug-likeness (QED) is 0.753. The zero-order valence-corrected chi connectivity index (χ0v) is 11.3. The summed E-state index contributed by atoms with van der Waals surface area (Å²) in [6.07, 6.45) is 0.687. The van der Waals surface area contributed by atoms with E-state index in [-0.39, 0.29) is 5.02 Å². The van der Waals surface area contributed by atoms with Crippen molar-refractivity contribution in [3.8, 4) is 11.5 Å². The van der Waals surface area contributed by atoms with E-state index in [0.29, 0.717) is 23.3 Å². The van der Waals surface area contributed by atoms with Crippen molar-refractivity contribution in [1.82, 2.24) is 0 Å². The number of halogens is 3. The second kappa shape index (κ2) is 5.50. The van der Waals surface area contributed by atoms with Crippen molar-refractivity contribution >= 4 is 33.8 Å². The molecule has 0 aliphatic heterocycles. The molecule has 0 N–H and O–H groups in total. The van der Waals surface area contributed by atoms with Gasteiger partial charge in [0.15, 0.2) is 6.29 Å². The van der Waals surface area contributed by atoms with Gasteiger partial charge in [-0.25, -0.2) is 4.39 Å². The minimum Gasteiger partial charge on any atom is -0.457 e. The van der Waals surface area contributed by atoms with Gasteiger partial charge in [0.25, 0.3) is 0 Å². The zero-order chi connectivity index (χ0) is 13.1. The van der Waals surface area contributed by atoms with Crippen molar-refractivity contribution in [3.63, 3.8) is 0 Å². The Hall–Kier alpha value is -1.39. The molecule has 0 radical (unpaired) electrons. The Morgan fingerprint density at radius 2 is 2.00 bits per heavy atom. The van der Waals surface area contributed by atoms with Gasteiger partial charge in [0.05, 0.1) is 10.6 Å². The van der Waals surface area contributed by atoms with Crippen molar-refractivity contribution in [2.75, 3.05) is 0 Å². The summed E-state index contributed by atoms with van der Waals surface area (Å²) in [4.78, 5) is 10.9.